The summed E-state index contributed by atoms with van der Waals surface area (Å²) in [4.78, 5) is 0. The Bertz CT molecular complexity index is 597. The molecular formula is C17H19P. The Kier molecular flexibility index (Phi) is 2.99. The quantitative estimate of drug-likeness (QED) is 0.578. The zero-order valence-corrected chi connectivity index (χ0v) is 12.2. The Labute approximate surface area is 111 Å². The van der Waals surface area contributed by atoms with Crippen LogP contribution in [0.15, 0.2) is 36.4 Å². The number of benzene rings is 2. The molecule has 0 fully saturated rings. The first-order valence-electron chi connectivity index (χ1n) is 6.51. The van der Waals surface area contributed by atoms with Gasteiger partial charge in [-0.3, -0.25) is 0 Å². The van der Waals surface area contributed by atoms with Crippen LogP contribution in [0, 0.1) is 6.92 Å². The molecule has 4 aliphatic carbocycles. The molecule has 0 amide bonds. The van der Waals surface area contributed by atoms with E-state index in [1.54, 1.807) is 5.30 Å². The van der Waals surface area contributed by atoms with Crippen LogP contribution in [-0.4, -0.2) is 13.3 Å². The maximum Gasteiger partial charge on any atom is -0.00193 e. The molecule has 0 N–H and O–H groups in total. The van der Waals surface area contributed by atoms with Crippen LogP contribution in [0.1, 0.15) is 27.8 Å². The fraction of sp³-hybridized carbons (Fsp3) is 0.294. The molecule has 0 saturated heterocycles. The lowest BCUT2D eigenvalue weighted by molar-refractivity contribution is 1.10. The third-order valence-electron chi connectivity index (χ3n) is 3.83. The van der Waals surface area contributed by atoms with Crippen molar-refractivity contribution in [1.29, 1.82) is 0 Å². The molecule has 4 aliphatic rings. The second kappa shape index (κ2) is 4.52. The van der Waals surface area contributed by atoms with Crippen LogP contribution in [0.4, 0.5) is 0 Å². The van der Waals surface area contributed by atoms with Crippen molar-refractivity contribution in [2.24, 2.45) is 0 Å². The smallest absolute Gasteiger partial charge is 0.00193 e. The van der Waals surface area contributed by atoms with Crippen LogP contribution < -0.4 is 5.30 Å². The van der Waals surface area contributed by atoms with E-state index in [4.69, 9.17) is 0 Å². The molecule has 4 bridgehead atoms. The Hall–Kier alpha value is -1.13. The highest BCUT2D eigenvalue weighted by Crippen LogP contribution is 2.29. The summed E-state index contributed by atoms with van der Waals surface area (Å²) in [6.45, 7) is 6.95. The Morgan fingerprint density at radius 1 is 0.833 bits per heavy atom. The summed E-state index contributed by atoms with van der Waals surface area (Å²) in [5, 5.41) is 1.59. The second-order valence-corrected chi connectivity index (χ2v) is 7.74. The Morgan fingerprint density at radius 3 is 2.11 bits per heavy atom. The Balaban J connectivity index is 2.19. The first kappa shape index (κ1) is 11.9. The summed E-state index contributed by atoms with van der Waals surface area (Å²) in [5.74, 6) is 0. The predicted octanol–water partition coefficient (Wildman–Crippen LogP) is 3.86. The molecule has 0 aromatic heterocycles. The first-order valence-corrected chi connectivity index (χ1v) is 8.74. The van der Waals surface area contributed by atoms with Crippen LogP contribution in [0.25, 0.3) is 0 Å². The topological polar surface area (TPSA) is 0 Å². The molecule has 0 heterocycles. The minimum absolute atomic E-state index is 0.0184. The van der Waals surface area contributed by atoms with Gasteiger partial charge in [0, 0.05) is 0 Å². The minimum atomic E-state index is -0.0184. The lowest BCUT2D eigenvalue weighted by Crippen LogP contribution is -2.12. The highest BCUT2D eigenvalue weighted by molar-refractivity contribution is 7.64. The molecule has 0 aliphatic heterocycles. The van der Waals surface area contributed by atoms with Crippen LogP contribution in [-0.2, 0) is 12.8 Å². The van der Waals surface area contributed by atoms with E-state index in [9.17, 15) is 0 Å². The normalized spacial score (nSPS) is 13.3. The summed E-state index contributed by atoms with van der Waals surface area (Å²) in [5.41, 5.74) is 7.33. The van der Waals surface area contributed by atoms with Crippen molar-refractivity contribution in [3.63, 3.8) is 0 Å². The average molecular weight is 254 g/mol. The van der Waals surface area contributed by atoms with E-state index in [2.05, 4.69) is 56.7 Å². The van der Waals surface area contributed by atoms with Gasteiger partial charge in [-0.25, -0.2) is 0 Å². The maximum atomic E-state index is 2.44. The molecular weight excluding hydrogens is 235 g/mol. The fourth-order valence-electron chi connectivity index (χ4n) is 2.79. The van der Waals surface area contributed by atoms with Crippen LogP contribution >= 0.6 is 7.92 Å². The van der Waals surface area contributed by atoms with Gasteiger partial charge in [0.25, 0.3) is 0 Å². The van der Waals surface area contributed by atoms with Crippen molar-refractivity contribution in [3.8, 4) is 0 Å². The van der Waals surface area contributed by atoms with Crippen molar-refractivity contribution >= 4 is 13.2 Å². The molecule has 0 spiro atoms. The van der Waals surface area contributed by atoms with E-state index in [1.807, 2.05) is 0 Å². The van der Waals surface area contributed by atoms with Gasteiger partial charge in [-0.15, -0.1) is 0 Å². The van der Waals surface area contributed by atoms with Crippen LogP contribution in [0.3, 0.4) is 0 Å². The van der Waals surface area contributed by atoms with E-state index >= 15 is 0 Å². The molecule has 6 rings (SSSR count). The number of aryl methyl sites for hydroxylation is 1. The van der Waals surface area contributed by atoms with Crippen molar-refractivity contribution in [2.45, 2.75) is 19.8 Å². The molecule has 0 atom stereocenters. The van der Waals surface area contributed by atoms with Gasteiger partial charge in [-0.05, 0) is 66.2 Å². The monoisotopic (exact) mass is 254 g/mol. The third kappa shape index (κ3) is 2.10. The van der Waals surface area contributed by atoms with E-state index < -0.39 is 0 Å². The summed E-state index contributed by atoms with van der Waals surface area (Å²) < 4.78 is 0. The molecule has 2 aromatic carbocycles. The van der Waals surface area contributed by atoms with Gasteiger partial charge >= 0.3 is 0 Å². The number of hydrogen-bond acceptors (Lipinski definition) is 0. The fourth-order valence-corrected chi connectivity index (χ4v) is 3.94. The molecule has 18 heavy (non-hydrogen) atoms. The largest absolute Gasteiger partial charge is 0.0814 e. The molecule has 2 aromatic rings. The third-order valence-corrected chi connectivity index (χ3v) is 5.21. The standard InChI is InChI=1S/C17H19P/c1-12-8-13-4-6-15(12)9-14-5-7-16(10-13)17(11-14)18(2)3/h4-8,11H,9-10H2,1-3H3. The first-order chi connectivity index (χ1) is 8.63. The van der Waals surface area contributed by atoms with Crippen LogP contribution in [0.5, 0.6) is 0 Å². The summed E-state index contributed by atoms with van der Waals surface area (Å²) in [6.07, 6.45) is 2.15. The van der Waals surface area contributed by atoms with Crippen molar-refractivity contribution in [2.75, 3.05) is 13.3 Å². The lowest BCUT2D eigenvalue weighted by Gasteiger charge is -2.19. The van der Waals surface area contributed by atoms with Gasteiger partial charge in [0.15, 0.2) is 0 Å². The molecule has 1 heteroatoms. The second-order valence-electron chi connectivity index (χ2n) is 5.47. The zero-order valence-electron chi connectivity index (χ0n) is 11.3. The summed E-state index contributed by atoms with van der Waals surface area (Å²) in [7, 11) is -0.0184. The van der Waals surface area contributed by atoms with Gasteiger partial charge in [0.1, 0.15) is 0 Å². The molecule has 0 unspecified atom stereocenters. The minimum Gasteiger partial charge on any atom is -0.0814 e. The van der Waals surface area contributed by atoms with Crippen LogP contribution in [0.2, 0.25) is 0 Å². The Morgan fingerprint density at radius 2 is 1.44 bits per heavy atom. The van der Waals surface area contributed by atoms with Gasteiger partial charge in [0.2, 0.25) is 0 Å². The lowest BCUT2D eigenvalue weighted by atomic mass is 9.93. The SMILES string of the molecule is Cc1cc2ccc1Cc1ccc(c(P(C)C)c1)C2. The van der Waals surface area contributed by atoms with E-state index in [-0.39, 0.29) is 7.92 Å². The van der Waals surface area contributed by atoms with Gasteiger partial charge < -0.3 is 0 Å². The maximum absolute atomic E-state index is 2.44. The number of rotatable bonds is 1. The van der Waals surface area contributed by atoms with Crippen molar-refractivity contribution < 1.29 is 0 Å². The summed E-state index contributed by atoms with van der Waals surface area (Å²) >= 11 is 0. The molecule has 0 nitrogen and oxygen atoms in total. The highest BCUT2D eigenvalue weighted by Gasteiger charge is 2.12. The van der Waals surface area contributed by atoms with E-state index in [0.29, 0.717) is 0 Å². The molecule has 0 radical (unpaired) electrons. The number of hydrogen-bond donors (Lipinski definition) is 0. The van der Waals surface area contributed by atoms with Crippen molar-refractivity contribution in [3.05, 3.63) is 64.2 Å². The molecule has 92 valence electrons. The average Bonchev–Trinajstić information content (AvgIpc) is 2.36. The zero-order chi connectivity index (χ0) is 12.7. The summed E-state index contributed by atoms with van der Waals surface area (Å²) in [6, 6.07) is 14.1. The molecule has 0 saturated carbocycles. The highest BCUT2D eigenvalue weighted by atomic mass is 31.1. The van der Waals surface area contributed by atoms with Crippen molar-refractivity contribution in [1.82, 2.24) is 0 Å². The van der Waals surface area contributed by atoms with E-state index in [1.165, 1.54) is 27.8 Å². The van der Waals surface area contributed by atoms with Gasteiger partial charge in [-0.2, -0.15) is 0 Å². The van der Waals surface area contributed by atoms with E-state index in [0.717, 1.165) is 12.8 Å². The van der Waals surface area contributed by atoms with Gasteiger partial charge in [0.05, 0.1) is 0 Å². The predicted molar refractivity (Wildman–Crippen MR) is 81.6 cm³/mol. The van der Waals surface area contributed by atoms with Gasteiger partial charge in [-0.1, -0.05) is 44.3 Å².